The Labute approximate surface area is 135 Å². The third-order valence-electron chi connectivity index (χ3n) is 3.30. The molecule has 3 nitrogen and oxygen atoms in total. The Morgan fingerprint density at radius 1 is 1.17 bits per heavy atom. The van der Waals surface area contributed by atoms with Gasteiger partial charge in [0.05, 0.1) is 6.54 Å². The molecule has 1 amide bonds. The van der Waals surface area contributed by atoms with Crippen LogP contribution in [0.15, 0.2) is 48.5 Å². The van der Waals surface area contributed by atoms with E-state index in [0.29, 0.717) is 13.2 Å². The maximum atomic E-state index is 12.8. The van der Waals surface area contributed by atoms with E-state index < -0.39 is 0 Å². The van der Waals surface area contributed by atoms with Gasteiger partial charge in [-0.3, -0.25) is 4.79 Å². The Morgan fingerprint density at radius 3 is 2.65 bits per heavy atom. The van der Waals surface area contributed by atoms with Crippen LogP contribution in [-0.2, 0) is 4.79 Å². The summed E-state index contributed by atoms with van der Waals surface area (Å²) < 4.78 is 18.4. The number of aryl methyl sites for hydroxylation is 2. The summed E-state index contributed by atoms with van der Waals surface area (Å²) in [5.41, 5.74) is 2.98. The van der Waals surface area contributed by atoms with Gasteiger partial charge in [-0.25, -0.2) is 4.39 Å². The van der Waals surface area contributed by atoms with Crippen LogP contribution in [0.5, 0.6) is 5.75 Å². The Morgan fingerprint density at radius 2 is 1.91 bits per heavy atom. The zero-order valence-electron chi connectivity index (χ0n) is 13.3. The number of ether oxygens (including phenoxy) is 1. The normalized spacial score (nSPS) is 10.7. The minimum absolute atomic E-state index is 0.209. The molecule has 1 N–H and O–H groups in total. The maximum Gasteiger partial charge on any atom is 0.244 e. The Bertz CT molecular complexity index is 693. The molecule has 2 rings (SSSR count). The molecular formula is C19H20FNO2. The molecule has 0 spiro atoms. The van der Waals surface area contributed by atoms with Gasteiger partial charge in [-0.15, -0.1) is 0 Å². The van der Waals surface area contributed by atoms with E-state index in [1.165, 1.54) is 18.2 Å². The van der Waals surface area contributed by atoms with Gasteiger partial charge in [-0.1, -0.05) is 24.3 Å². The number of halogens is 1. The monoisotopic (exact) mass is 313 g/mol. The summed E-state index contributed by atoms with van der Waals surface area (Å²) in [6.45, 7) is 4.81. The van der Waals surface area contributed by atoms with Gasteiger partial charge in [-0.2, -0.15) is 0 Å². The number of amides is 1. The average molecular weight is 313 g/mol. The highest BCUT2D eigenvalue weighted by atomic mass is 19.1. The van der Waals surface area contributed by atoms with Gasteiger partial charge in [0.15, 0.2) is 0 Å². The minimum Gasteiger partial charge on any atom is -0.491 e. The lowest BCUT2D eigenvalue weighted by Gasteiger charge is -2.10. The first-order valence-electron chi connectivity index (χ1n) is 7.46. The van der Waals surface area contributed by atoms with Crippen molar-refractivity contribution < 1.29 is 13.9 Å². The van der Waals surface area contributed by atoms with E-state index in [-0.39, 0.29) is 11.7 Å². The van der Waals surface area contributed by atoms with E-state index in [1.54, 1.807) is 18.2 Å². The van der Waals surface area contributed by atoms with Crippen molar-refractivity contribution in [3.63, 3.8) is 0 Å². The molecule has 0 aliphatic rings. The standard InChI is InChI=1S/C19H20FNO2/c1-14-3-4-15(2)18(13-14)23-12-11-21-19(22)10-7-16-5-8-17(20)9-6-16/h3-10,13H,11-12H2,1-2H3,(H,21,22)/b10-7+. The second-order valence-corrected chi connectivity index (χ2v) is 5.29. The molecule has 2 aromatic rings. The number of nitrogens with one attached hydrogen (secondary N) is 1. The third-order valence-corrected chi connectivity index (χ3v) is 3.30. The summed E-state index contributed by atoms with van der Waals surface area (Å²) in [4.78, 5) is 11.7. The van der Waals surface area contributed by atoms with Crippen molar-refractivity contribution in [2.75, 3.05) is 13.2 Å². The summed E-state index contributed by atoms with van der Waals surface area (Å²) in [5.74, 6) is 0.329. The van der Waals surface area contributed by atoms with Gasteiger partial charge in [0.25, 0.3) is 0 Å². The van der Waals surface area contributed by atoms with Crippen molar-refractivity contribution in [2.45, 2.75) is 13.8 Å². The largest absolute Gasteiger partial charge is 0.491 e. The first-order chi connectivity index (χ1) is 11.0. The van der Waals surface area contributed by atoms with Gasteiger partial charge >= 0.3 is 0 Å². The predicted octanol–water partition coefficient (Wildman–Crippen LogP) is 3.65. The van der Waals surface area contributed by atoms with Gasteiger partial charge in [0.1, 0.15) is 18.2 Å². The minimum atomic E-state index is -0.296. The van der Waals surface area contributed by atoms with Crippen LogP contribution in [0.2, 0.25) is 0 Å². The number of hydrogen-bond acceptors (Lipinski definition) is 2. The zero-order valence-corrected chi connectivity index (χ0v) is 13.3. The van der Waals surface area contributed by atoms with Crippen LogP contribution in [-0.4, -0.2) is 19.1 Å². The van der Waals surface area contributed by atoms with Crippen molar-refractivity contribution in [1.29, 1.82) is 0 Å². The highest BCUT2D eigenvalue weighted by Gasteiger charge is 2.00. The molecule has 23 heavy (non-hydrogen) atoms. The fourth-order valence-corrected chi connectivity index (χ4v) is 2.00. The van der Waals surface area contributed by atoms with Crippen LogP contribution >= 0.6 is 0 Å². The highest BCUT2D eigenvalue weighted by Crippen LogP contribution is 2.18. The summed E-state index contributed by atoms with van der Waals surface area (Å²) in [7, 11) is 0. The smallest absolute Gasteiger partial charge is 0.244 e. The topological polar surface area (TPSA) is 38.3 Å². The quantitative estimate of drug-likeness (QED) is 0.653. The number of carbonyl (C=O) groups is 1. The fourth-order valence-electron chi connectivity index (χ4n) is 2.00. The maximum absolute atomic E-state index is 12.8. The van der Waals surface area contributed by atoms with Crippen LogP contribution in [0.4, 0.5) is 4.39 Å². The Kier molecular flexibility index (Phi) is 5.92. The van der Waals surface area contributed by atoms with Gasteiger partial charge in [-0.05, 0) is 54.8 Å². The first-order valence-corrected chi connectivity index (χ1v) is 7.46. The molecule has 0 unspecified atom stereocenters. The Hall–Kier alpha value is -2.62. The van der Waals surface area contributed by atoms with Gasteiger partial charge in [0, 0.05) is 6.08 Å². The molecule has 0 saturated carbocycles. The summed E-state index contributed by atoms with van der Waals surface area (Å²) in [5, 5.41) is 2.74. The number of benzene rings is 2. The van der Waals surface area contributed by atoms with E-state index >= 15 is 0 Å². The molecule has 2 aromatic carbocycles. The van der Waals surface area contributed by atoms with Gasteiger partial charge in [0.2, 0.25) is 5.91 Å². The Balaban J connectivity index is 1.74. The highest BCUT2D eigenvalue weighted by molar-refractivity contribution is 5.91. The van der Waals surface area contributed by atoms with Crippen LogP contribution < -0.4 is 10.1 Å². The van der Waals surface area contributed by atoms with Crippen LogP contribution in [0.1, 0.15) is 16.7 Å². The van der Waals surface area contributed by atoms with Crippen LogP contribution in [0.3, 0.4) is 0 Å². The number of rotatable bonds is 6. The molecule has 4 heteroatoms. The van der Waals surface area contributed by atoms with E-state index in [9.17, 15) is 9.18 Å². The van der Waals surface area contributed by atoms with E-state index in [0.717, 1.165) is 22.4 Å². The molecule has 0 aliphatic carbocycles. The van der Waals surface area contributed by atoms with Crippen molar-refractivity contribution in [1.82, 2.24) is 5.32 Å². The molecule has 0 fully saturated rings. The molecular weight excluding hydrogens is 293 g/mol. The molecule has 0 saturated heterocycles. The molecule has 0 aliphatic heterocycles. The SMILES string of the molecule is Cc1ccc(C)c(OCCNC(=O)/C=C/c2ccc(F)cc2)c1. The summed E-state index contributed by atoms with van der Waals surface area (Å²) >= 11 is 0. The number of hydrogen-bond donors (Lipinski definition) is 1. The molecule has 0 atom stereocenters. The van der Waals surface area contributed by atoms with E-state index in [1.807, 2.05) is 32.0 Å². The lowest BCUT2D eigenvalue weighted by atomic mass is 10.1. The van der Waals surface area contributed by atoms with Crippen molar-refractivity contribution in [3.05, 3.63) is 71.0 Å². The molecule has 120 valence electrons. The van der Waals surface area contributed by atoms with Gasteiger partial charge < -0.3 is 10.1 Å². The average Bonchev–Trinajstić information content (AvgIpc) is 2.54. The molecule has 0 bridgehead atoms. The molecule has 0 radical (unpaired) electrons. The van der Waals surface area contributed by atoms with Crippen molar-refractivity contribution in [2.24, 2.45) is 0 Å². The third kappa shape index (κ3) is 5.58. The lowest BCUT2D eigenvalue weighted by molar-refractivity contribution is -0.116. The second-order valence-electron chi connectivity index (χ2n) is 5.29. The van der Waals surface area contributed by atoms with E-state index in [4.69, 9.17) is 4.74 Å². The molecule has 0 heterocycles. The van der Waals surface area contributed by atoms with E-state index in [2.05, 4.69) is 5.32 Å². The summed E-state index contributed by atoms with van der Waals surface area (Å²) in [6.07, 6.45) is 3.06. The lowest BCUT2D eigenvalue weighted by Crippen LogP contribution is -2.26. The van der Waals surface area contributed by atoms with Crippen LogP contribution in [0, 0.1) is 19.7 Å². The number of carbonyl (C=O) groups excluding carboxylic acids is 1. The fraction of sp³-hybridized carbons (Fsp3) is 0.211. The van der Waals surface area contributed by atoms with Crippen molar-refractivity contribution >= 4 is 12.0 Å². The van der Waals surface area contributed by atoms with Crippen LogP contribution in [0.25, 0.3) is 6.08 Å². The predicted molar refractivity (Wildman–Crippen MR) is 89.9 cm³/mol. The molecule has 0 aromatic heterocycles. The zero-order chi connectivity index (χ0) is 16.7. The first kappa shape index (κ1) is 16.7. The second kappa shape index (κ2) is 8.13. The summed E-state index contributed by atoms with van der Waals surface area (Å²) in [6, 6.07) is 12.0. The van der Waals surface area contributed by atoms with Crippen molar-refractivity contribution in [3.8, 4) is 5.75 Å².